The van der Waals surface area contributed by atoms with Crippen LogP contribution in [0.15, 0.2) is 36.4 Å². The lowest BCUT2D eigenvalue weighted by atomic mass is 10.1. The first-order valence-electron chi connectivity index (χ1n) is 8.02. The van der Waals surface area contributed by atoms with E-state index in [1.54, 1.807) is 0 Å². The highest BCUT2D eigenvalue weighted by Crippen LogP contribution is 2.20. The van der Waals surface area contributed by atoms with Gasteiger partial charge in [0, 0.05) is 22.6 Å². The second-order valence-corrected chi connectivity index (χ2v) is 6.94. The Labute approximate surface area is 143 Å². The zero-order valence-corrected chi connectivity index (χ0v) is 14.9. The van der Waals surface area contributed by atoms with Gasteiger partial charge in [0.15, 0.2) is 0 Å². The molecular weight excluding hydrogens is 302 g/mol. The molecule has 128 valence electrons. The fourth-order valence-corrected chi connectivity index (χ4v) is 2.69. The lowest BCUT2D eigenvalue weighted by Crippen LogP contribution is -2.45. The lowest BCUT2D eigenvalue weighted by Gasteiger charge is -2.20. The van der Waals surface area contributed by atoms with E-state index in [0.717, 1.165) is 17.1 Å². The highest BCUT2D eigenvalue weighted by Gasteiger charge is 2.18. The minimum atomic E-state index is -0.315. The molecule has 0 fully saturated rings. The van der Waals surface area contributed by atoms with Crippen LogP contribution < -0.4 is 10.6 Å². The number of nitrogens with zero attached hydrogens (tertiary/aromatic N) is 1. The van der Waals surface area contributed by atoms with Gasteiger partial charge in [0.2, 0.25) is 5.91 Å². The number of carbonyl (C=O) groups is 2. The largest absolute Gasteiger partial charge is 0.350 e. The van der Waals surface area contributed by atoms with Crippen LogP contribution >= 0.6 is 0 Å². The molecule has 0 aliphatic heterocycles. The van der Waals surface area contributed by atoms with E-state index in [-0.39, 0.29) is 23.9 Å². The molecule has 2 amide bonds. The van der Waals surface area contributed by atoms with Crippen LogP contribution in [0.2, 0.25) is 0 Å². The molecule has 0 saturated heterocycles. The van der Waals surface area contributed by atoms with Gasteiger partial charge in [0.25, 0.3) is 5.91 Å². The zero-order chi connectivity index (χ0) is 17.9. The summed E-state index contributed by atoms with van der Waals surface area (Å²) in [6.07, 6.45) is 0. The summed E-state index contributed by atoms with van der Waals surface area (Å²) in [7, 11) is 0. The van der Waals surface area contributed by atoms with Crippen LogP contribution in [0.3, 0.4) is 0 Å². The Bertz CT molecular complexity index is 740. The molecule has 0 radical (unpaired) electrons. The Hall–Kier alpha value is -2.56. The first-order chi connectivity index (χ1) is 11.2. The molecule has 0 bridgehead atoms. The third-order valence-corrected chi connectivity index (χ3v) is 3.61. The van der Waals surface area contributed by atoms with E-state index in [9.17, 15) is 9.59 Å². The Kier molecular flexibility index (Phi) is 5.12. The summed E-state index contributed by atoms with van der Waals surface area (Å²) in [6.45, 7) is 9.54. The quantitative estimate of drug-likeness (QED) is 0.907. The zero-order valence-electron chi connectivity index (χ0n) is 14.9. The second-order valence-electron chi connectivity index (χ2n) is 6.94. The van der Waals surface area contributed by atoms with E-state index in [1.807, 2.05) is 75.6 Å². The predicted molar refractivity (Wildman–Crippen MR) is 95.5 cm³/mol. The molecule has 1 heterocycles. The van der Waals surface area contributed by atoms with E-state index in [4.69, 9.17) is 0 Å². The molecular formula is C19H25N3O2. The van der Waals surface area contributed by atoms with E-state index in [1.165, 1.54) is 0 Å². The van der Waals surface area contributed by atoms with E-state index in [2.05, 4.69) is 10.6 Å². The smallest absolute Gasteiger partial charge is 0.253 e. The van der Waals surface area contributed by atoms with Crippen LogP contribution in [-0.4, -0.2) is 28.5 Å². The van der Waals surface area contributed by atoms with Crippen molar-refractivity contribution in [3.8, 4) is 5.69 Å². The van der Waals surface area contributed by atoms with Gasteiger partial charge in [-0.15, -0.1) is 0 Å². The average molecular weight is 327 g/mol. The van der Waals surface area contributed by atoms with Crippen LogP contribution in [0.4, 0.5) is 0 Å². The summed E-state index contributed by atoms with van der Waals surface area (Å²) in [4.78, 5) is 24.3. The number of hydrogen-bond acceptors (Lipinski definition) is 2. The SMILES string of the molecule is Cc1cc(C(=O)NCC(=O)NC(C)(C)C)c(C)n1-c1ccccc1. The number of nitrogens with one attached hydrogen (secondary N) is 2. The number of rotatable bonds is 4. The molecule has 0 spiro atoms. The van der Waals surface area contributed by atoms with E-state index < -0.39 is 0 Å². The van der Waals surface area contributed by atoms with Crippen molar-refractivity contribution >= 4 is 11.8 Å². The Morgan fingerprint density at radius 1 is 1.08 bits per heavy atom. The second kappa shape index (κ2) is 6.91. The van der Waals surface area contributed by atoms with Gasteiger partial charge >= 0.3 is 0 Å². The number of para-hydroxylation sites is 1. The van der Waals surface area contributed by atoms with Crippen molar-refractivity contribution in [2.24, 2.45) is 0 Å². The number of carbonyl (C=O) groups excluding carboxylic acids is 2. The van der Waals surface area contributed by atoms with Crippen LogP contribution in [0.5, 0.6) is 0 Å². The van der Waals surface area contributed by atoms with Crippen LogP contribution in [0.1, 0.15) is 42.5 Å². The fraction of sp³-hybridized carbons (Fsp3) is 0.368. The molecule has 0 atom stereocenters. The first-order valence-corrected chi connectivity index (χ1v) is 8.02. The Morgan fingerprint density at radius 3 is 2.29 bits per heavy atom. The summed E-state index contributed by atoms with van der Waals surface area (Å²) in [6, 6.07) is 11.7. The molecule has 1 aromatic heterocycles. The molecule has 0 saturated carbocycles. The maximum Gasteiger partial charge on any atom is 0.253 e. The summed E-state index contributed by atoms with van der Waals surface area (Å²) in [5.41, 5.74) is 3.11. The number of benzene rings is 1. The van der Waals surface area contributed by atoms with E-state index in [0.29, 0.717) is 5.56 Å². The molecule has 5 heteroatoms. The molecule has 2 N–H and O–H groups in total. The molecule has 0 unspecified atom stereocenters. The summed E-state index contributed by atoms with van der Waals surface area (Å²) in [5.74, 6) is -0.443. The molecule has 0 aliphatic carbocycles. The normalized spacial score (nSPS) is 11.2. The molecule has 0 aliphatic rings. The molecule has 24 heavy (non-hydrogen) atoms. The lowest BCUT2D eigenvalue weighted by molar-refractivity contribution is -0.121. The van der Waals surface area contributed by atoms with Gasteiger partial charge < -0.3 is 15.2 Å². The highest BCUT2D eigenvalue weighted by atomic mass is 16.2. The van der Waals surface area contributed by atoms with Crippen molar-refractivity contribution in [3.05, 3.63) is 53.3 Å². The van der Waals surface area contributed by atoms with Gasteiger partial charge in [-0.1, -0.05) is 18.2 Å². The molecule has 1 aromatic carbocycles. The van der Waals surface area contributed by atoms with Crippen molar-refractivity contribution in [3.63, 3.8) is 0 Å². The third-order valence-electron chi connectivity index (χ3n) is 3.61. The van der Waals surface area contributed by atoms with Gasteiger partial charge in [0.05, 0.1) is 12.1 Å². The Morgan fingerprint density at radius 2 is 1.71 bits per heavy atom. The van der Waals surface area contributed by atoms with Crippen LogP contribution in [-0.2, 0) is 4.79 Å². The topological polar surface area (TPSA) is 63.1 Å². The molecule has 2 aromatic rings. The monoisotopic (exact) mass is 327 g/mol. The number of amides is 2. The third kappa shape index (κ3) is 4.25. The van der Waals surface area contributed by atoms with E-state index >= 15 is 0 Å². The molecule has 2 rings (SSSR count). The first kappa shape index (κ1) is 17.8. The van der Waals surface area contributed by atoms with Crippen molar-refractivity contribution in [2.45, 2.75) is 40.2 Å². The Balaban J connectivity index is 2.13. The minimum Gasteiger partial charge on any atom is -0.350 e. The highest BCUT2D eigenvalue weighted by molar-refractivity contribution is 5.98. The summed E-state index contributed by atoms with van der Waals surface area (Å²) in [5, 5.41) is 5.51. The van der Waals surface area contributed by atoms with Gasteiger partial charge in [-0.05, 0) is 52.8 Å². The average Bonchev–Trinajstić information content (AvgIpc) is 2.79. The van der Waals surface area contributed by atoms with Gasteiger partial charge in [-0.2, -0.15) is 0 Å². The number of aryl methyl sites for hydroxylation is 1. The van der Waals surface area contributed by atoms with Crippen LogP contribution in [0.25, 0.3) is 5.69 Å². The van der Waals surface area contributed by atoms with Gasteiger partial charge in [-0.25, -0.2) is 0 Å². The predicted octanol–water partition coefficient (Wildman–Crippen LogP) is 2.74. The summed E-state index contributed by atoms with van der Waals surface area (Å²) >= 11 is 0. The molecule has 5 nitrogen and oxygen atoms in total. The van der Waals surface area contributed by atoms with Crippen molar-refractivity contribution in [2.75, 3.05) is 6.54 Å². The maximum absolute atomic E-state index is 12.4. The van der Waals surface area contributed by atoms with Crippen molar-refractivity contribution in [1.29, 1.82) is 0 Å². The van der Waals surface area contributed by atoms with Crippen molar-refractivity contribution in [1.82, 2.24) is 15.2 Å². The minimum absolute atomic E-state index is 0.0366. The number of aromatic nitrogens is 1. The standard InChI is InChI=1S/C19H25N3O2/c1-13-11-16(14(2)22(13)15-9-7-6-8-10-15)18(24)20-12-17(23)21-19(3,4)5/h6-11H,12H2,1-5H3,(H,20,24)(H,21,23). The fourth-order valence-electron chi connectivity index (χ4n) is 2.69. The maximum atomic E-state index is 12.4. The van der Waals surface area contributed by atoms with Crippen molar-refractivity contribution < 1.29 is 9.59 Å². The summed E-state index contributed by atoms with van der Waals surface area (Å²) < 4.78 is 2.03. The van der Waals surface area contributed by atoms with Gasteiger partial charge in [-0.3, -0.25) is 9.59 Å². The van der Waals surface area contributed by atoms with Crippen LogP contribution in [0, 0.1) is 13.8 Å². The van der Waals surface area contributed by atoms with Gasteiger partial charge in [0.1, 0.15) is 0 Å². The number of hydrogen-bond donors (Lipinski definition) is 2.